The minimum Gasteiger partial charge on any atom is -0.497 e. The van der Waals surface area contributed by atoms with Crippen LogP contribution in [0.2, 0.25) is 0 Å². The molecule has 2 rings (SSSR count). The number of ether oxygens (including phenoxy) is 1. The summed E-state index contributed by atoms with van der Waals surface area (Å²) in [5.41, 5.74) is 10.5. The molecule has 0 amide bonds. The predicted molar refractivity (Wildman–Crippen MR) is 69.8 cm³/mol. The lowest BCUT2D eigenvalue weighted by Crippen LogP contribution is -2.29. The van der Waals surface area contributed by atoms with Crippen LogP contribution in [0.15, 0.2) is 30.5 Å². The summed E-state index contributed by atoms with van der Waals surface area (Å²) >= 11 is 0. The fourth-order valence-corrected chi connectivity index (χ4v) is 1.87. The highest BCUT2D eigenvalue weighted by atomic mass is 16.5. The monoisotopic (exact) mass is 247 g/mol. The number of nitrogens with two attached hydrogens (primary N) is 2. The molecule has 0 fully saturated rings. The average Bonchev–Trinajstić information content (AvgIpc) is 2.72. The Hall–Kier alpha value is -2.05. The normalized spacial score (nSPS) is 12.4. The van der Waals surface area contributed by atoms with Crippen LogP contribution in [-0.4, -0.2) is 16.9 Å². The molecule has 0 spiro atoms. The van der Waals surface area contributed by atoms with Gasteiger partial charge in [-0.05, 0) is 17.7 Å². The Morgan fingerprint density at radius 1 is 1.44 bits per heavy atom. The zero-order valence-electron chi connectivity index (χ0n) is 10.4. The van der Waals surface area contributed by atoms with Gasteiger partial charge in [-0.1, -0.05) is 12.1 Å². The topological polar surface area (TPSA) is 91.1 Å². The molecule has 1 atom stereocenters. The van der Waals surface area contributed by atoms with Gasteiger partial charge in [-0.2, -0.15) is 5.10 Å². The van der Waals surface area contributed by atoms with Gasteiger partial charge in [-0.25, -0.2) is 5.43 Å². The van der Waals surface area contributed by atoms with Crippen molar-refractivity contribution in [2.24, 2.45) is 12.9 Å². The molecule has 0 aliphatic rings. The molecule has 1 aromatic carbocycles. The van der Waals surface area contributed by atoms with Crippen molar-refractivity contribution in [1.82, 2.24) is 15.2 Å². The summed E-state index contributed by atoms with van der Waals surface area (Å²) in [4.78, 5) is 0. The second kappa shape index (κ2) is 5.07. The Morgan fingerprint density at radius 2 is 2.22 bits per heavy atom. The number of hydrazine groups is 1. The number of anilines is 1. The summed E-state index contributed by atoms with van der Waals surface area (Å²) in [5.74, 6) is 6.98. The minimum atomic E-state index is -0.214. The molecule has 0 radical (unpaired) electrons. The molecule has 0 aliphatic carbocycles. The number of benzene rings is 1. The van der Waals surface area contributed by atoms with Crippen LogP contribution in [-0.2, 0) is 7.05 Å². The number of methoxy groups -OCH3 is 1. The molecule has 1 heterocycles. The molecule has 0 bridgehead atoms. The Kier molecular flexibility index (Phi) is 3.50. The highest BCUT2D eigenvalue weighted by Crippen LogP contribution is 2.27. The van der Waals surface area contributed by atoms with Crippen molar-refractivity contribution in [1.29, 1.82) is 0 Å². The smallest absolute Gasteiger partial charge is 0.126 e. The summed E-state index contributed by atoms with van der Waals surface area (Å²) in [6, 6.07) is 7.44. The first-order valence-corrected chi connectivity index (χ1v) is 5.54. The van der Waals surface area contributed by atoms with Gasteiger partial charge in [0.05, 0.1) is 19.3 Å². The van der Waals surface area contributed by atoms with E-state index in [1.54, 1.807) is 25.0 Å². The lowest BCUT2D eigenvalue weighted by atomic mass is 10.0. The van der Waals surface area contributed by atoms with Crippen LogP contribution in [0.5, 0.6) is 5.75 Å². The lowest BCUT2D eigenvalue weighted by Gasteiger charge is -2.16. The van der Waals surface area contributed by atoms with Gasteiger partial charge in [-0.3, -0.25) is 10.5 Å². The number of nitrogens with zero attached hydrogens (tertiary/aromatic N) is 2. The fourth-order valence-electron chi connectivity index (χ4n) is 1.87. The van der Waals surface area contributed by atoms with Crippen LogP contribution in [0.1, 0.15) is 17.2 Å². The summed E-state index contributed by atoms with van der Waals surface area (Å²) in [6.07, 6.45) is 1.71. The van der Waals surface area contributed by atoms with E-state index < -0.39 is 0 Å². The van der Waals surface area contributed by atoms with Crippen molar-refractivity contribution in [3.63, 3.8) is 0 Å². The van der Waals surface area contributed by atoms with Crippen molar-refractivity contribution in [2.45, 2.75) is 6.04 Å². The standard InChI is InChI=1S/C12H17N5O/c1-17-12(13)10(7-15-17)11(16-14)8-4-3-5-9(6-8)18-2/h3-7,11,16H,13-14H2,1-2H3. The number of nitrogens with one attached hydrogen (secondary N) is 1. The van der Waals surface area contributed by atoms with Crippen molar-refractivity contribution < 1.29 is 4.74 Å². The third kappa shape index (κ3) is 2.15. The number of hydrogen-bond acceptors (Lipinski definition) is 5. The molecule has 1 unspecified atom stereocenters. The van der Waals surface area contributed by atoms with Gasteiger partial charge >= 0.3 is 0 Å². The number of nitrogen functional groups attached to an aromatic ring is 1. The Bertz CT molecular complexity index is 537. The molecule has 96 valence electrons. The van der Waals surface area contributed by atoms with E-state index in [1.165, 1.54) is 0 Å². The number of rotatable bonds is 4. The number of hydrogen-bond donors (Lipinski definition) is 3. The summed E-state index contributed by atoms with van der Waals surface area (Å²) in [7, 11) is 3.42. The second-order valence-electron chi connectivity index (χ2n) is 3.99. The average molecular weight is 247 g/mol. The Morgan fingerprint density at radius 3 is 2.78 bits per heavy atom. The lowest BCUT2D eigenvalue weighted by molar-refractivity contribution is 0.413. The third-order valence-corrected chi connectivity index (χ3v) is 2.92. The molecular weight excluding hydrogens is 230 g/mol. The van der Waals surface area contributed by atoms with Crippen molar-refractivity contribution in [3.05, 3.63) is 41.6 Å². The van der Waals surface area contributed by atoms with E-state index in [0.29, 0.717) is 5.82 Å². The molecule has 5 N–H and O–H groups in total. The quantitative estimate of drug-likeness (QED) is 0.542. The van der Waals surface area contributed by atoms with Crippen LogP contribution in [0.25, 0.3) is 0 Å². The van der Waals surface area contributed by atoms with E-state index >= 15 is 0 Å². The van der Waals surface area contributed by atoms with Crippen LogP contribution in [0.4, 0.5) is 5.82 Å². The highest BCUT2D eigenvalue weighted by Gasteiger charge is 2.18. The predicted octanol–water partition coefficient (Wildman–Crippen LogP) is 0.564. The Labute approximate surface area is 106 Å². The second-order valence-corrected chi connectivity index (χ2v) is 3.99. The largest absolute Gasteiger partial charge is 0.497 e. The van der Waals surface area contributed by atoms with Gasteiger partial charge in [-0.15, -0.1) is 0 Å². The van der Waals surface area contributed by atoms with E-state index in [4.69, 9.17) is 16.3 Å². The molecule has 6 heteroatoms. The van der Waals surface area contributed by atoms with Crippen LogP contribution < -0.4 is 21.7 Å². The van der Waals surface area contributed by atoms with E-state index in [9.17, 15) is 0 Å². The van der Waals surface area contributed by atoms with E-state index in [-0.39, 0.29) is 6.04 Å². The maximum Gasteiger partial charge on any atom is 0.126 e. The van der Waals surface area contributed by atoms with Crippen LogP contribution in [0, 0.1) is 0 Å². The minimum absolute atomic E-state index is 0.214. The van der Waals surface area contributed by atoms with E-state index in [0.717, 1.165) is 16.9 Å². The molecule has 0 saturated heterocycles. The summed E-state index contributed by atoms with van der Waals surface area (Å²) in [6.45, 7) is 0. The maximum absolute atomic E-state index is 5.96. The van der Waals surface area contributed by atoms with Gasteiger partial charge in [0.2, 0.25) is 0 Å². The van der Waals surface area contributed by atoms with E-state index in [1.807, 2.05) is 24.3 Å². The van der Waals surface area contributed by atoms with Gasteiger partial charge in [0, 0.05) is 12.6 Å². The van der Waals surface area contributed by atoms with Gasteiger partial charge in [0.15, 0.2) is 0 Å². The SMILES string of the molecule is COc1cccc(C(NN)c2cnn(C)c2N)c1. The Balaban J connectivity index is 2.41. The first-order chi connectivity index (χ1) is 8.67. The summed E-state index contributed by atoms with van der Waals surface area (Å²) in [5, 5.41) is 4.12. The van der Waals surface area contributed by atoms with Crippen LogP contribution >= 0.6 is 0 Å². The highest BCUT2D eigenvalue weighted by molar-refractivity contribution is 5.46. The fraction of sp³-hybridized carbons (Fsp3) is 0.250. The molecule has 0 saturated carbocycles. The van der Waals surface area contributed by atoms with Crippen molar-refractivity contribution in [2.75, 3.05) is 12.8 Å². The molecule has 0 aliphatic heterocycles. The molecule has 18 heavy (non-hydrogen) atoms. The summed E-state index contributed by atoms with van der Waals surface area (Å²) < 4.78 is 6.81. The van der Waals surface area contributed by atoms with Crippen LogP contribution in [0.3, 0.4) is 0 Å². The number of aryl methyl sites for hydroxylation is 1. The van der Waals surface area contributed by atoms with Gasteiger partial charge in [0.1, 0.15) is 11.6 Å². The number of aromatic nitrogens is 2. The third-order valence-electron chi connectivity index (χ3n) is 2.92. The molecule has 6 nitrogen and oxygen atoms in total. The first-order valence-electron chi connectivity index (χ1n) is 5.54. The zero-order chi connectivity index (χ0) is 13.1. The van der Waals surface area contributed by atoms with E-state index in [2.05, 4.69) is 10.5 Å². The zero-order valence-corrected chi connectivity index (χ0v) is 10.4. The van der Waals surface area contributed by atoms with Gasteiger partial charge in [0.25, 0.3) is 0 Å². The maximum atomic E-state index is 5.96. The molecule has 1 aromatic heterocycles. The van der Waals surface area contributed by atoms with Crippen molar-refractivity contribution >= 4 is 5.82 Å². The van der Waals surface area contributed by atoms with Gasteiger partial charge < -0.3 is 10.5 Å². The first kappa shape index (κ1) is 12.4. The molecule has 2 aromatic rings. The van der Waals surface area contributed by atoms with Crippen molar-refractivity contribution in [3.8, 4) is 5.75 Å². The molecular formula is C12H17N5O.